The maximum atomic E-state index is 4.90. The third kappa shape index (κ3) is 7.10. The number of hydrogen-bond donors (Lipinski definition) is 1. The van der Waals surface area contributed by atoms with Crippen LogP contribution in [0.1, 0.15) is 26.5 Å². The number of guanidine groups is 1. The second-order valence-corrected chi connectivity index (χ2v) is 6.45. The van der Waals surface area contributed by atoms with E-state index >= 15 is 0 Å². The molecule has 1 saturated heterocycles. The summed E-state index contributed by atoms with van der Waals surface area (Å²) in [5.74, 6) is 1.01. The van der Waals surface area contributed by atoms with Crippen LogP contribution in [0.5, 0.6) is 0 Å². The number of hydrogen-bond acceptors (Lipinski definition) is 5. The zero-order chi connectivity index (χ0) is 17.4. The highest BCUT2D eigenvalue weighted by molar-refractivity contribution is 14.0. The van der Waals surface area contributed by atoms with Crippen LogP contribution in [0.4, 0.5) is 0 Å². The summed E-state index contributed by atoms with van der Waals surface area (Å²) in [4.78, 5) is 11.6. The lowest BCUT2D eigenvalue weighted by Gasteiger charge is -2.36. The Kier molecular flexibility index (Phi) is 10.4. The maximum absolute atomic E-state index is 4.90. The molecule has 0 saturated carbocycles. The molecule has 7 nitrogen and oxygen atoms in total. The minimum Gasteiger partial charge on any atom is -0.364 e. The number of nitrogens with one attached hydrogen (secondary N) is 1. The topological polar surface area (TPSA) is 60.1 Å². The number of rotatable bonds is 7. The van der Waals surface area contributed by atoms with Crippen molar-refractivity contribution in [2.45, 2.75) is 33.4 Å². The fourth-order valence-corrected chi connectivity index (χ4v) is 3.09. The first-order valence-electron chi connectivity index (χ1n) is 8.95. The molecule has 0 radical (unpaired) electrons. The summed E-state index contributed by atoms with van der Waals surface area (Å²) < 4.78 is 4.90. The minimum atomic E-state index is 0. The Hall–Kier alpha value is -0.870. The van der Waals surface area contributed by atoms with Gasteiger partial charge in [-0.2, -0.15) is 0 Å². The van der Waals surface area contributed by atoms with Gasteiger partial charge in [-0.05, 0) is 20.4 Å². The number of halogens is 1. The van der Waals surface area contributed by atoms with Crippen LogP contribution in [0.25, 0.3) is 0 Å². The molecule has 0 unspecified atom stereocenters. The van der Waals surface area contributed by atoms with Gasteiger partial charge in [0.2, 0.25) is 0 Å². The average molecular weight is 464 g/mol. The van der Waals surface area contributed by atoms with E-state index in [1.807, 2.05) is 13.1 Å². The number of piperazine rings is 1. The van der Waals surface area contributed by atoms with Gasteiger partial charge in [0.15, 0.2) is 5.96 Å². The van der Waals surface area contributed by atoms with Crippen molar-refractivity contribution in [2.75, 3.05) is 52.9 Å². The van der Waals surface area contributed by atoms with E-state index < -0.39 is 0 Å². The summed E-state index contributed by atoms with van der Waals surface area (Å²) in [6.45, 7) is 14.6. The monoisotopic (exact) mass is 464 g/mol. The van der Waals surface area contributed by atoms with Crippen molar-refractivity contribution in [1.29, 1.82) is 0 Å². The standard InChI is InChI=1S/C17H32N6O.HI/c1-5-22(15(2)3)8-7-19-17(18-4)23-11-9-21(10-12-23)14-16-6-13-24-20-16;/h6,13,15H,5,7-12,14H2,1-4H3,(H,18,19);1H. The number of aliphatic imine (C=N–C) groups is 1. The Bertz CT molecular complexity index is 485. The van der Waals surface area contributed by atoms with E-state index in [0.717, 1.165) is 64.0 Å². The highest BCUT2D eigenvalue weighted by Crippen LogP contribution is 2.07. The molecule has 2 heterocycles. The van der Waals surface area contributed by atoms with Crippen LogP contribution in [-0.2, 0) is 6.54 Å². The van der Waals surface area contributed by atoms with Gasteiger partial charge in [0.25, 0.3) is 0 Å². The van der Waals surface area contributed by atoms with Crippen molar-refractivity contribution >= 4 is 29.9 Å². The number of likely N-dealkylation sites (N-methyl/N-ethyl adjacent to an activating group) is 1. The smallest absolute Gasteiger partial charge is 0.193 e. The first-order valence-corrected chi connectivity index (χ1v) is 8.95. The summed E-state index contributed by atoms with van der Waals surface area (Å²) in [6.07, 6.45) is 1.63. The van der Waals surface area contributed by atoms with E-state index in [-0.39, 0.29) is 24.0 Å². The Morgan fingerprint density at radius 2 is 2.08 bits per heavy atom. The van der Waals surface area contributed by atoms with Gasteiger partial charge < -0.3 is 14.7 Å². The number of aromatic nitrogens is 1. The van der Waals surface area contributed by atoms with Gasteiger partial charge in [-0.15, -0.1) is 24.0 Å². The molecule has 1 aromatic rings. The second-order valence-electron chi connectivity index (χ2n) is 6.45. The van der Waals surface area contributed by atoms with Crippen molar-refractivity contribution in [3.8, 4) is 0 Å². The van der Waals surface area contributed by atoms with Crippen LogP contribution in [0.3, 0.4) is 0 Å². The summed E-state index contributed by atoms with van der Waals surface area (Å²) in [7, 11) is 1.87. The molecule has 1 aliphatic heterocycles. The van der Waals surface area contributed by atoms with Crippen molar-refractivity contribution < 1.29 is 4.52 Å². The van der Waals surface area contributed by atoms with Gasteiger partial charge in [0.05, 0.1) is 5.69 Å². The van der Waals surface area contributed by atoms with Gasteiger partial charge in [0, 0.05) is 65.0 Å². The third-order valence-corrected chi connectivity index (χ3v) is 4.58. The molecule has 8 heteroatoms. The Morgan fingerprint density at radius 1 is 1.36 bits per heavy atom. The summed E-state index contributed by atoms with van der Waals surface area (Å²) in [5.41, 5.74) is 0.999. The lowest BCUT2D eigenvalue weighted by atomic mass is 10.3. The van der Waals surface area contributed by atoms with Crippen LogP contribution in [0, 0.1) is 0 Å². The lowest BCUT2D eigenvalue weighted by molar-refractivity contribution is 0.168. The molecule has 1 aliphatic rings. The predicted octanol–water partition coefficient (Wildman–Crippen LogP) is 1.72. The Morgan fingerprint density at radius 3 is 2.60 bits per heavy atom. The highest BCUT2D eigenvalue weighted by Gasteiger charge is 2.20. The van der Waals surface area contributed by atoms with Gasteiger partial charge in [-0.1, -0.05) is 12.1 Å². The van der Waals surface area contributed by atoms with Crippen LogP contribution in [0.15, 0.2) is 21.8 Å². The van der Waals surface area contributed by atoms with Crippen molar-refractivity contribution in [2.24, 2.45) is 4.99 Å². The van der Waals surface area contributed by atoms with Gasteiger partial charge in [-0.25, -0.2) is 0 Å². The van der Waals surface area contributed by atoms with Gasteiger partial charge in [0.1, 0.15) is 6.26 Å². The molecule has 0 spiro atoms. The van der Waals surface area contributed by atoms with E-state index in [1.54, 1.807) is 6.26 Å². The maximum Gasteiger partial charge on any atom is 0.193 e. The Labute approximate surface area is 168 Å². The molecule has 0 atom stereocenters. The molecule has 1 fully saturated rings. The molecular formula is C17H33IN6O. The predicted molar refractivity (Wildman–Crippen MR) is 113 cm³/mol. The molecule has 144 valence electrons. The molecule has 1 N–H and O–H groups in total. The van der Waals surface area contributed by atoms with Crippen molar-refractivity contribution in [3.63, 3.8) is 0 Å². The number of nitrogens with zero attached hydrogens (tertiary/aromatic N) is 5. The van der Waals surface area contributed by atoms with E-state index in [9.17, 15) is 0 Å². The fraction of sp³-hybridized carbons (Fsp3) is 0.765. The zero-order valence-electron chi connectivity index (χ0n) is 15.9. The normalized spacial score (nSPS) is 16.4. The molecule has 25 heavy (non-hydrogen) atoms. The minimum absolute atomic E-state index is 0. The zero-order valence-corrected chi connectivity index (χ0v) is 18.3. The Balaban J connectivity index is 0.00000312. The molecule has 0 aromatic carbocycles. The van der Waals surface area contributed by atoms with Crippen LogP contribution < -0.4 is 5.32 Å². The molecule has 2 rings (SSSR count). The van der Waals surface area contributed by atoms with Crippen LogP contribution in [0.2, 0.25) is 0 Å². The molecule has 0 amide bonds. The van der Waals surface area contributed by atoms with E-state index in [0.29, 0.717) is 6.04 Å². The summed E-state index contributed by atoms with van der Waals surface area (Å²) in [5, 5.41) is 7.50. The average Bonchev–Trinajstić information content (AvgIpc) is 3.09. The largest absolute Gasteiger partial charge is 0.364 e. The quantitative estimate of drug-likeness (QED) is 0.377. The molecular weight excluding hydrogens is 431 g/mol. The van der Waals surface area contributed by atoms with E-state index in [2.05, 4.69) is 50.9 Å². The van der Waals surface area contributed by atoms with Crippen molar-refractivity contribution in [3.05, 3.63) is 18.0 Å². The summed E-state index contributed by atoms with van der Waals surface area (Å²) >= 11 is 0. The van der Waals surface area contributed by atoms with Gasteiger partial charge >= 0.3 is 0 Å². The van der Waals surface area contributed by atoms with E-state index in [1.165, 1.54) is 0 Å². The molecule has 1 aromatic heterocycles. The lowest BCUT2D eigenvalue weighted by Crippen LogP contribution is -2.53. The fourth-order valence-electron chi connectivity index (χ4n) is 3.09. The van der Waals surface area contributed by atoms with Crippen LogP contribution >= 0.6 is 24.0 Å². The third-order valence-electron chi connectivity index (χ3n) is 4.58. The highest BCUT2D eigenvalue weighted by atomic mass is 127. The second kappa shape index (κ2) is 11.7. The molecule has 0 aliphatic carbocycles. The van der Waals surface area contributed by atoms with E-state index in [4.69, 9.17) is 4.52 Å². The van der Waals surface area contributed by atoms with Crippen LogP contribution in [-0.4, -0.2) is 84.7 Å². The van der Waals surface area contributed by atoms with Gasteiger partial charge in [-0.3, -0.25) is 14.8 Å². The summed E-state index contributed by atoms with van der Waals surface area (Å²) in [6, 6.07) is 2.51. The SMILES string of the molecule is CCN(CCNC(=NC)N1CCN(Cc2ccon2)CC1)C(C)C.I. The molecule has 0 bridgehead atoms. The van der Waals surface area contributed by atoms with Crippen molar-refractivity contribution in [1.82, 2.24) is 25.2 Å². The first-order chi connectivity index (χ1) is 11.6. The first kappa shape index (κ1) is 22.2.